The number of hydrogen-bond acceptors (Lipinski definition) is 9. The molecule has 1 amide bonds. The van der Waals surface area contributed by atoms with Crippen molar-refractivity contribution >= 4 is 36.5 Å². The van der Waals surface area contributed by atoms with Crippen molar-refractivity contribution in [2.75, 3.05) is 69.8 Å². The van der Waals surface area contributed by atoms with E-state index in [1.165, 1.54) is 11.5 Å². The van der Waals surface area contributed by atoms with Gasteiger partial charge in [0, 0.05) is 55.4 Å². The van der Waals surface area contributed by atoms with Crippen LogP contribution in [0.3, 0.4) is 0 Å². The molecule has 0 spiro atoms. The lowest BCUT2D eigenvalue weighted by Crippen LogP contribution is -2.58. The zero-order valence-electron chi connectivity index (χ0n) is 32.6. The summed E-state index contributed by atoms with van der Waals surface area (Å²) in [5, 5.41) is 2.37. The molecule has 53 heavy (non-hydrogen) atoms. The van der Waals surface area contributed by atoms with Crippen LogP contribution < -0.4 is 19.3 Å². The number of carbonyl (C=O) groups is 1. The molecule has 2 aliphatic heterocycles. The number of likely N-dealkylation sites (N-methyl/N-ethyl adjacent to an activating group) is 1. The standard InChI is InChI=1S/C42H56N6O4Si/c1-9-39(49)48-22-21-47(27-33(48)30-52-53(7,8)42(2,3)4)40-36-19-20-46(28-37(36)43-41(44-40)50-24-23-45(5)6)38-26-34(25-32-17-13-14-18-35(32)38)51-29-31-15-11-10-12-16-31/h9-18,25-26,33H,1,19-24,27-30H2,2-8H3. The number of nitrogens with zero attached hydrogens (tertiary/aromatic N) is 6. The molecule has 10 nitrogen and oxygen atoms in total. The molecule has 0 aliphatic carbocycles. The van der Waals surface area contributed by atoms with Crippen molar-refractivity contribution in [3.05, 3.63) is 96.2 Å². The molecule has 4 aromatic rings. The molecule has 0 N–H and O–H groups in total. The summed E-state index contributed by atoms with van der Waals surface area (Å²) >= 11 is 0. The Hall–Kier alpha value is -4.45. The molecule has 282 valence electrons. The van der Waals surface area contributed by atoms with Crippen molar-refractivity contribution in [1.29, 1.82) is 0 Å². The number of fused-ring (bicyclic) bond motifs is 2. The second-order valence-electron chi connectivity index (χ2n) is 15.9. The first-order valence-electron chi connectivity index (χ1n) is 18.8. The molecule has 0 bridgehead atoms. The minimum atomic E-state index is -2.05. The lowest BCUT2D eigenvalue weighted by atomic mass is 10.0. The molecule has 11 heteroatoms. The van der Waals surface area contributed by atoms with Crippen LogP contribution in [-0.4, -0.2) is 100 Å². The van der Waals surface area contributed by atoms with Crippen molar-refractivity contribution in [2.45, 2.75) is 64.5 Å². The van der Waals surface area contributed by atoms with Crippen LogP contribution in [-0.2, 0) is 28.8 Å². The number of ether oxygens (including phenoxy) is 2. The lowest BCUT2D eigenvalue weighted by molar-refractivity contribution is -0.129. The Morgan fingerprint density at radius 3 is 2.47 bits per heavy atom. The topological polar surface area (TPSA) is 83.5 Å². The van der Waals surface area contributed by atoms with Crippen LogP contribution in [0.15, 0.2) is 79.4 Å². The van der Waals surface area contributed by atoms with E-state index in [-0.39, 0.29) is 17.0 Å². The van der Waals surface area contributed by atoms with Crippen LogP contribution in [0.25, 0.3) is 10.8 Å². The molecule has 6 rings (SSSR count). The highest BCUT2D eigenvalue weighted by molar-refractivity contribution is 6.74. The molecule has 1 fully saturated rings. The van der Waals surface area contributed by atoms with Gasteiger partial charge in [-0.25, -0.2) is 0 Å². The van der Waals surface area contributed by atoms with Crippen LogP contribution in [0.5, 0.6) is 11.8 Å². The summed E-state index contributed by atoms with van der Waals surface area (Å²) in [4.78, 5) is 31.9. The zero-order chi connectivity index (χ0) is 37.8. The highest BCUT2D eigenvalue weighted by Crippen LogP contribution is 2.39. The fourth-order valence-electron chi connectivity index (χ4n) is 6.71. The third-order valence-electron chi connectivity index (χ3n) is 10.9. The van der Waals surface area contributed by atoms with Gasteiger partial charge in [0.1, 0.15) is 24.8 Å². The summed E-state index contributed by atoms with van der Waals surface area (Å²) in [5.41, 5.74) is 4.34. The second-order valence-corrected chi connectivity index (χ2v) is 20.7. The summed E-state index contributed by atoms with van der Waals surface area (Å²) in [6.45, 7) is 20.4. The maximum atomic E-state index is 13.1. The summed E-state index contributed by atoms with van der Waals surface area (Å²) in [6, 6.07) is 23.3. The number of rotatable bonds is 13. The first-order valence-corrected chi connectivity index (χ1v) is 21.7. The fraction of sp³-hybridized carbons (Fsp3) is 0.452. The average Bonchev–Trinajstić information content (AvgIpc) is 3.14. The van der Waals surface area contributed by atoms with Crippen LogP contribution in [0.1, 0.15) is 37.6 Å². The minimum Gasteiger partial charge on any atom is -0.489 e. The van der Waals surface area contributed by atoms with E-state index in [0.717, 1.165) is 59.0 Å². The van der Waals surface area contributed by atoms with E-state index < -0.39 is 8.32 Å². The molecule has 0 saturated carbocycles. The van der Waals surface area contributed by atoms with Crippen molar-refractivity contribution in [2.24, 2.45) is 0 Å². The third kappa shape index (κ3) is 9.02. The van der Waals surface area contributed by atoms with Gasteiger partial charge in [-0.2, -0.15) is 9.97 Å². The van der Waals surface area contributed by atoms with E-state index in [1.807, 2.05) is 37.2 Å². The number of carbonyl (C=O) groups excluding carboxylic acids is 1. The largest absolute Gasteiger partial charge is 0.489 e. The highest BCUT2D eigenvalue weighted by atomic mass is 28.4. The minimum absolute atomic E-state index is 0.0594. The van der Waals surface area contributed by atoms with Gasteiger partial charge in [0.2, 0.25) is 5.91 Å². The Balaban J connectivity index is 1.31. The molecular weight excluding hydrogens is 681 g/mol. The van der Waals surface area contributed by atoms with E-state index in [9.17, 15) is 4.79 Å². The molecule has 0 radical (unpaired) electrons. The number of anilines is 2. The van der Waals surface area contributed by atoms with Gasteiger partial charge in [-0.3, -0.25) is 4.79 Å². The van der Waals surface area contributed by atoms with E-state index >= 15 is 0 Å². The normalized spacial score (nSPS) is 16.5. The molecule has 3 heterocycles. The van der Waals surface area contributed by atoms with Gasteiger partial charge in [0.25, 0.3) is 0 Å². The van der Waals surface area contributed by atoms with Crippen molar-refractivity contribution in [3.8, 4) is 11.8 Å². The molecule has 1 saturated heterocycles. The monoisotopic (exact) mass is 736 g/mol. The van der Waals surface area contributed by atoms with Crippen LogP contribution in [0.2, 0.25) is 18.1 Å². The van der Waals surface area contributed by atoms with Gasteiger partial charge in [-0.1, -0.05) is 81.9 Å². The first kappa shape index (κ1) is 38.3. The van der Waals surface area contributed by atoms with Gasteiger partial charge >= 0.3 is 6.01 Å². The predicted octanol–water partition coefficient (Wildman–Crippen LogP) is 6.94. The van der Waals surface area contributed by atoms with Crippen molar-refractivity contribution in [1.82, 2.24) is 19.8 Å². The van der Waals surface area contributed by atoms with Gasteiger partial charge in [0.15, 0.2) is 8.32 Å². The SMILES string of the molecule is C=CC(=O)N1CCN(c2nc(OCCN(C)C)nc3c2CCN(c2cc(OCc4ccccc4)cc4ccccc24)C3)CC1CO[Si](C)(C)C(C)(C)C. The van der Waals surface area contributed by atoms with Gasteiger partial charge < -0.3 is 33.5 Å². The summed E-state index contributed by atoms with van der Waals surface area (Å²) in [5.74, 6) is 1.66. The Morgan fingerprint density at radius 2 is 1.74 bits per heavy atom. The van der Waals surface area contributed by atoms with Gasteiger partial charge in [0.05, 0.1) is 24.9 Å². The molecule has 2 aliphatic rings. The average molecular weight is 737 g/mol. The van der Waals surface area contributed by atoms with E-state index in [4.69, 9.17) is 23.9 Å². The third-order valence-corrected chi connectivity index (χ3v) is 15.4. The Kier molecular flexibility index (Phi) is 11.8. The van der Waals surface area contributed by atoms with Crippen LogP contribution >= 0.6 is 0 Å². The maximum absolute atomic E-state index is 13.1. The Labute approximate surface area is 316 Å². The van der Waals surface area contributed by atoms with Gasteiger partial charge in [-0.15, -0.1) is 0 Å². The predicted molar refractivity (Wildman–Crippen MR) is 217 cm³/mol. The smallest absolute Gasteiger partial charge is 0.318 e. The Bertz CT molecular complexity index is 1900. The van der Waals surface area contributed by atoms with E-state index in [2.05, 4.69) is 104 Å². The molecule has 1 aromatic heterocycles. The highest BCUT2D eigenvalue weighted by Gasteiger charge is 2.40. The van der Waals surface area contributed by atoms with Crippen LogP contribution in [0.4, 0.5) is 11.5 Å². The molecule has 3 aromatic carbocycles. The number of aromatic nitrogens is 2. The van der Waals surface area contributed by atoms with Crippen molar-refractivity contribution < 1.29 is 18.7 Å². The fourth-order valence-corrected chi connectivity index (χ4v) is 7.75. The molecule has 1 unspecified atom stereocenters. The maximum Gasteiger partial charge on any atom is 0.318 e. The van der Waals surface area contributed by atoms with Crippen LogP contribution in [0, 0.1) is 0 Å². The second kappa shape index (κ2) is 16.3. The zero-order valence-corrected chi connectivity index (χ0v) is 33.6. The number of benzene rings is 3. The number of amides is 1. The van der Waals surface area contributed by atoms with E-state index in [1.54, 1.807) is 0 Å². The van der Waals surface area contributed by atoms with Crippen molar-refractivity contribution in [3.63, 3.8) is 0 Å². The summed E-state index contributed by atoms with van der Waals surface area (Å²) in [6.07, 6.45) is 2.18. The van der Waals surface area contributed by atoms with E-state index in [0.29, 0.717) is 52.0 Å². The number of hydrogen-bond donors (Lipinski definition) is 0. The number of piperazine rings is 1. The summed E-state index contributed by atoms with van der Waals surface area (Å²) in [7, 11) is 2.00. The summed E-state index contributed by atoms with van der Waals surface area (Å²) < 4.78 is 19.3. The molecular formula is C42H56N6O4Si. The molecule has 1 atom stereocenters. The lowest BCUT2D eigenvalue weighted by Gasteiger charge is -2.44. The first-order chi connectivity index (χ1) is 25.3. The van der Waals surface area contributed by atoms with Gasteiger partial charge in [-0.05, 0) is 61.7 Å². The quantitative estimate of drug-likeness (QED) is 0.107. The Morgan fingerprint density at radius 1 is 0.981 bits per heavy atom.